The first-order valence-corrected chi connectivity index (χ1v) is 7.36. The van der Waals surface area contributed by atoms with Crippen LogP contribution in [-0.4, -0.2) is 24.3 Å². The van der Waals surface area contributed by atoms with Gasteiger partial charge in [-0.3, -0.25) is 9.59 Å². The Bertz CT molecular complexity index is 766. The maximum absolute atomic E-state index is 11.8. The lowest BCUT2D eigenvalue weighted by Crippen LogP contribution is -2.21. The summed E-state index contributed by atoms with van der Waals surface area (Å²) in [6.45, 7) is 0.990. The fraction of sp³-hybridized carbons (Fsp3) is 0.105. The molecule has 2 aromatic carbocycles. The van der Waals surface area contributed by atoms with Crippen LogP contribution in [0.25, 0.3) is 6.08 Å². The van der Waals surface area contributed by atoms with E-state index in [2.05, 4.69) is 5.32 Å². The predicted molar refractivity (Wildman–Crippen MR) is 91.5 cm³/mol. The van der Waals surface area contributed by atoms with E-state index in [1.54, 1.807) is 30.3 Å². The number of benzene rings is 2. The van der Waals surface area contributed by atoms with E-state index in [1.807, 2.05) is 30.3 Å². The van der Waals surface area contributed by atoms with Gasteiger partial charge in [0.15, 0.2) is 12.4 Å². The Hall–Kier alpha value is -3.21. The lowest BCUT2D eigenvalue weighted by Gasteiger charge is -2.08. The van der Waals surface area contributed by atoms with Crippen LogP contribution in [0.4, 0.5) is 5.69 Å². The third-order valence-corrected chi connectivity index (χ3v) is 3.14. The van der Waals surface area contributed by atoms with Crippen molar-refractivity contribution in [1.29, 1.82) is 0 Å². The Labute approximate surface area is 140 Å². The molecule has 0 atom stereocenters. The van der Waals surface area contributed by atoms with Gasteiger partial charge in [-0.05, 0) is 30.7 Å². The van der Waals surface area contributed by atoms with Crippen LogP contribution in [0.3, 0.4) is 0 Å². The molecule has 0 aliphatic carbocycles. The summed E-state index contributed by atoms with van der Waals surface area (Å²) in [7, 11) is 0. The van der Waals surface area contributed by atoms with Gasteiger partial charge in [-0.25, -0.2) is 4.79 Å². The van der Waals surface area contributed by atoms with Gasteiger partial charge in [-0.1, -0.05) is 42.5 Å². The molecule has 1 N–H and O–H groups in total. The zero-order chi connectivity index (χ0) is 17.4. The van der Waals surface area contributed by atoms with Crippen LogP contribution < -0.4 is 5.32 Å². The van der Waals surface area contributed by atoms with Gasteiger partial charge in [-0.15, -0.1) is 0 Å². The van der Waals surface area contributed by atoms with Gasteiger partial charge in [0.1, 0.15) is 0 Å². The van der Waals surface area contributed by atoms with E-state index in [-0.39, 0.29) is 5.78 Å². The molecule has 0 saturated carbocycles. The minimum atomic E-state index is -0.617. The molecule has 0 aliphatic rings. The van der Waals surface area contributed by atoms with Crippen LogP contribution in [-0.2, 0) is 14.3 Å². The number of hydrogen-bond donors (Lipinski definition) is 1. The number of hydrogen-bond acceptors (Lipinski definition) is 4. The maximum Gasteiger partial charge on any atom is 0.331 e. The molecule has 0 heterocycles. The second-order valence-corrected chi connectivity index (χ2v) is 5.00. The van der Waals surface area contributed by atoms with Crippen molar-refractivity contribution in [2.45, 2.75) is 6.92 Å². The maximum atomic E-state index is 11.8. The van der Waals surface area contributed by atoms with Crippen molar-refractivity contribution in [3.8, 4) is 0 Å². The highest BCUT2D eigenvalue weighted by Gasteiger charge is 2.10. The molecule has 0 aliphatic heterocycles. The average Bonchev–Trinajstić information content (AvgIpc) is 2.59. The summed E-state index contributed by atoms with van der Waals surface area (Å²) in [5, 5.41) is 2.56. The molecule has 5 heteroatoms. The van der Waals surface area contributed by atoms with E-state index in [0.29, 0.717) is 11.3 Å². The minimum absolute atomic E-state index is 0.159. The number of Topliss-reactive ketones (excluding diaryl/α,β-unsaturated/α-hetero) is 1. The molecule has 5 nitrogen and oxygen atoms in total. The molecule has 0 radical (unpaired) electrons. The molecule has 24 heavy (non-hydrogen) atoms. The van der Waals surface area contributed by atoms with Crippen molar-refractivity contribution >= 4 is 29.4 Å². The topological polar surface area (TPSA) is 72.5 Å². The third kappa shape index (κ3) is 5.21. The van der Waals surface area contributed by atoms with Crippen LogP contribution in [0, 0.1) is 0 Å². The summed E-state index contributed by atoms with van der Waals surface area (Å²) in [5.74, 6) is -1.28. The molecule has 2 aromatic rings. The van der Waals surface area contributed by atoms with Crippen molar-refractivity contribution in [2.24, 2.45) is 0 Å². The Kier molecular flexibility index (Phi) is 6.02. The Morgan fingerprint density at radius 1 is 1.00 bits per heavy atom. The number of ketones is 1. The molecule has 1 amide bonds. The van der Waals surface area contributed by atoms with E-state index in [0.717, 1.165) is 5.56 Å². The van der Waals surface area contributed by atoms with Crippen molar-refractivity contribution in [3.05, 3.63) is 71.8 Å². The van der Waals surface area contributed by atoms with Crippen LogP contribution in [0.2, 0.25) is 0 Å². The molecular formula is C19H17NO4. The Balaban J connectivity index is 1.86. The Morgan fingerprint density at radius 3 is 2.38 bits per heavy atom. The third-order valence-electron chi connectivity index (χ3n) is 3.14. The van der Waals surface area contributed by atoms with Crippen LogP contribution in [0.15, 0.2) is 60.7 Å². The lowest BCUT2D eigenvalue weighted by molar-refractivity contribution is -0.142. The SMILES string of the molecule is CC(=O)c1ccccc1NC(=O)COC(=O)C=Cc1ccccc1. The average molecular weight is 323 g/mol. The second-order valence-electron chi connectivity index (χ2n) is 5.00. The fourth-order valence-corrected chi connectivity index (χ4v) is 2.00. The molecule has 0 saturated heterocycles. The molecule has 0 aromatic heterocycles. The number of para-hydroxylation sites is 1. The number of esters is 1. The van der Waals surface area contributed by atoms with Gasteiger partial charge in [0.05, 0.1) is 5.69 Å². The van der Waals surface area contributed by atoms with Crippen molar-refractivity contribution in [1.82, 2.24) is 0 Å². The normalized spacial score (nSPS) is 10.4. The molecule has 0 unspecified atom stereocenters. The minimum Gasteiger partial charge on any atom is -0.452 e. The van der Waals surface area contributed by atoms with Crippen LogP contribution >= 0.6 is 0 Å². The van der Waals surface area contributed by atoms with E-state index < -0.39 is 18.5 Å². The van der Waals surface area contributed by atoms with Crippen LogP contribution in [0.5, 0.6) is 0 Å². The van der Waals surface area contributed by atoms with E-state index in [4.69, 9.17) is 4.74 Å². The van der Waals surface area contributed by atoms with Gasteiger partial charge >= 0.3 is 5.97 Å². The number of rotatable bonds is 6. The lowest BCUT2D eigenvalue weighted by atomic mass is 10.1. The first-order valence-electron chi connectivity index (χ1n) is 7.36. The number of carbonyl (C=O) groups is 3. The van der Waals surface area contributed by atoms with Crippen molar-refractivity contribution in [3.63, 3.8) is 0 Å². The molecule has 2 rings (SSSR count). The molecule has 0 bridgehead atoms. The van der Waals surface area contributed by atoms with Gasteiger partial charge in [0.2, 0.25) is 0 Å². The Morgan fingerprint density at radius 2 is 1.67 bits per heavy atom. The zero-order valence-corrected chi connectivity index (χ0v) is 13.2. The van der Waals surface area contributed by atoms with Gasteiger partial charge in [0.25, 0.3) is 5.91 Å². The van der Waals surface area contributed by atoms with Crippen molar-refractivity contribution in [2.75, 3.05) is 11.9 Å². The first kappa shape index (κ1) is 17.1. The van der Waals surface area contributed by atoms with E-state index in [9.17, 15) is 14.4 Å². The molecule has 122 valence electrons. The summed E-state index contributed by atoms with van der Waals surface area (Å²) >= 11 is 0. The van der Waals surface area contributed by atoms with Gasteiger partial charge < -0.3 is 10.1 Å². The van der Waals surface area contributed by atoms with E-state index >= 15 is 0 Å². The molecule has 0 fully saturated rings. The number of ether oxygens (including phenoxy) is 1. The summed E-state index contributed by atoms with van der Waals surface area (Å²) in [6.07, 6.45) is 2.86. The van der Waals surface area contributed by atoms with Gasteiger partial charge in [0, 0.05) is 11.6 Å². The zero-order valence-electron chi connectivity index (χ0n) is 13.2. The summed E-state index contributed by atoms with van der Waals surface area (Å²) < 4.78 is 4.88. The number of carbonyl (C=O) groups excluding carboxylic acids is 3. The van der Waals surface area contributed by atoms with E-state index in [1.165, 1.54) is 13.0 Å². The quantitative estimate of drug-likeness (QED) is 0.504. The van der Waals surface area contributed by atoms with Crippen molar-refractivity contribution < 1.29 is 19.1 Å². The predicted octanol–water partition coefficient (Wildman–Crippen LogP) is 3.08. The summed E-state index contributed by atoms with van der Waals surface area (Å²) in [4.78, 5) is 34.9. The fourth-order valence-electron chi connectivity index (χ4n) is 2.00. The first-order chi connectivity index (χ1) is 11.6. The van der Waals surface area contributed by atoms with Crippen LogP contribution in [0.1, 0.15) is 22.8 Å². The number of anilines is 1. The standard InChI is InChI=1S/C19H17NO4/c1-14(21)16-9-5-6-10-17(16)20-18(22)13-24-19(23)12-11-15-7-3-2-4-8-15/h2-12H,13H2,1H3,(H,20,22). The summed E-state index contributed by atoms with van der Waals surface area (Å²) in [6, 6.07) is 15.9. The number of amides is 1. The van der Waals surface area contributed by atoms with Gasteiger partial charge in [-0.2, -0.15) is 0 Å². The molecule has 0 spiro atoms. The highest BCUT2D eigenvalue weighted by Crippen LogP contribution is 2.15. The largest absolute Gasteiger partial charge is 0.452 e. The molecular weight excluding hydrogens is 306 g/mol. The smallest absolute Gasteiger partial charge is 0.331 e. The highest BCUT2D eigenvalue weighted by atomic mass is 16.5. The number of nitrogens with one attached hydrogen (secondary N) is 1. The summed E-state index contributed by atoms with van der Waals surface area (Å²) in [5.41, 5.74) is 1.65. The highest BCUT2D eigenvalue weighted by molar-refractivity contribution is 6.04. The second kappa shape index (κ2) is 8.43. The monoisotopic (exact) mass is 323 g/mol.